The van der Waals surface area contributed by atoms with Gasteiger partial charge in [-0.15, -0.1) is 0 Å². The van der Waals surface area contributed by atoms with E-state index in [9.17, 15) is 4.79 Å². The van der Waals surface area contributed by atoms with Crippen LogP contribution in [0.25, 0.3) is 0 Å². The second-order valence-corrected chi connectivity index (χ2v) is 4.40. The Labute approximate surface area is 95.0 Å². The van der Waals surface area contributed by atoms with Crippen LogP contribution < -0.4 is 11.1 Å². The maximum Gasteiger partial charge on any atom is 0.272 e. The van der Waals surface area contributed by atoms with Crippen molar-refractivity contribution >= 4 is 5.91 Å². The van der Waals surface area contributed by atoms with Gasteiger partial charge in [-0.25, -0.2) is 0 Å². The van der Waals surface area contributed by atoms with Gasteiger partial charge in [0.15, 0.2) is 0 Å². The lowest BCUT2D eigenvalue weighted by molar-refractivity contribution is 0.0915. The summed E-state index contributed by atoms with van der Waals surface area (Å²) in [5, 5.41) is 7.02. The quantitative estimate of drug-likeness (QED) is 0.761. The second-order valence-electron chi connectivity index (χ2n) is 4.40. The van der Waals surface area contributed by atoms with Gasteiger partial charge in [0.05, 0.1) is 0 Å². The maximum atomic E-state index is 11.8. The van der Waals surface area contributed by atoms with Crippen LogP contribution in [0.15, 0.2) is 12.3 Å². The number of amides is 1. The SMILES string of the molecule is Cn1ccc(C(=O)N[C@@H]2CCCC[C@H]2N)n1. The Hall–Kier alpha value is -1.36. The predicted molar refractivity (Wildman–Crippen MR) is 60.9 cm³/mol. The van der Waals surface area contributed by atoms with Gasteiger partial charge in [0, 0.05) is 25.3 Å². The van der Waals surface area contributed by atoms with Crippen LogP contribution in [0.5, 0.6) is 0 Å². The molecule has 0 radical (unpaired) electrons. The summed E-state index contributed by atoms with van der Waals surface area (Å²) in [6.07, 6.45) is 6.03. The molecule has 0 aliphatic heterocycles. The molecule has 2 rings (SSSR count). The van der Waals surface area contributed by atoms with Crippen LogP contribution in [-0.4, -0.2) is 27.8 Å². The third kappa shape index (κ3) is 2.41. The standard InChI is InChI=1S/C11H18N4O/c1-15-7-6-10(14-15)11(16)13-9-5-3-2-4-8(9)12/h6-9H,2-5,12H2,1H3,(H,13,16)/t8-,9-/m1/s1. The molecule has 0 spiro atoms. The lowest BCUT2D eigenvalue weighted by atomic mass is 9.91. The normalized spacial score (nSPS) is 25.4. The van der Waals surface area contributed by atoms with Crippen LogP contribution in [0, 0.1) is 0 Å². The second kappa shape index (κ2) is 4.65. The van der Waals surface area contributed by atoms with E-state index in [0.717, 1.165) is 25.7 Å². The van der Waals surface area contributed by atoms with Crippen molar-refractivity contribution in [2.75, 3.05) is 0 Å². The molecule has 88 valence electrons. The summed E-state index contributed by atoms with van der Waals surface area (Å²) < 4.78 is 1.62. The van der Waals surface area contributed by atoms with Crippen LogP contribution in [0.3, 0.4) is 0 Å². The minimum absolute atomic E-state index is 0.0846. The van der Waals surface area contributed by atoms with Crippen molar-refractivity contribution < 1.29 is 4.79 Å². The molecule has 1 heterocycles. The minimum Gasteiger partial charge on any atom is -0.346 e. The molecule has 16 heavy (non-hydrogen) atoms. The minimum atomic E-state index is -0.122. The molecule has 0 saturated heterocycles. The molecule has 1 aliphatic rings. The van der Waals surface area contributed by atoms with E-state index in [1.54, 1.807) is 24.0 Å². The van der Waals surface area contributed by atoms with E-state index in [4.69, 9.17) is 5.73 Å². The molecule has 1 saturated carbocycles. The Morgan fingerprint density at radius 3 is 2.94 bits per heavy atom. The topological polar surface area (TPSA) is 72.9 Å². The van der Waals surface area contributed by atoms with Gasteiger partial charge < -0.3 is 11.1 Å². The maximum absolute atomic E-state index is 11.8. The van der Waals surface area contributed by atoms with Gasteiger partial charge in [0.25, 0.3) is 5.91 Å². The number of carbonyl (C=O) groups excluding carboxylic acids is 1. The van der Waals surface area contributed by atoms with E-state index in [2.05, 4.69) is 10.4 Å². The lowest BCUT2D eigenvalue weighted by Crippen LogP contribution is -2.49. The lowest BCUT2D eigenvalue weighted by Gasteiger charge is -2.28. The first-order valence-electron chi connectivity index (χ1n) is 5.73. The third-order valence-electron chi connectivity index (χ3n) is 3.08. The van der Waals surface area contributed by atoms with Gasteiger partial charge in [0.2, 0.25) is 0 Å². The van der Waals surface area contributed by atoms with Crippen molar-refractivity contribution in [3.63, 3.8) is 0 Å². The number of hydrogen-bond donors (Lipinski definition) is 2. The van der Waals surface area contributed by atoms with E-state index in [-0.39, 0.29) is 18.0 Å². The van der Waals surface area contributed by atoms with E-state index in [1.807, 2.05) is 0 Å². The molecule has 1 fully saturated rings. The van der Waals surface area contributed by atoms with E-state index in [1.165, 1.54) is 0 Å². The van der Waals surface area contributed by atoms with E-state index >= 15 is 0 Å². The van der Waals surface area contributed by atoms with Gasteiger partial charge in [-0.3, -0.25) is 9.48 Å². The fourth-order valence-electron chi connectivity index (χ4n) is 2.12. The van der Waals surface area contributed by atoms with Gasteiger partial charge in [-0.05, 0) is 18.9 Å². The molecule has 5 nitrogen and oxygen atoms in total. The average Bonchev–Trinajstić information content (AvgIpc) is 2.68. The fourth-order valence-corrected chi connectivity index (χ4v) is 2.12. The molecule has 0 unspecified atom stereocenters. The highest BCUT2D eigenvalue weighted by molar-refractivity contribution is 5.92. The molecule has 1 amide bonds. The zero-order chi connectivity index (χ0) is 11.5. The highest BCUT2D eigenvalue weighted by atomic mass is 16.2. The van der Waals surface area contributed by atoms with Crippen molar-refractivity contribution in [3.8, 4) is 0 Å². The van der Waals surface area contributed by atoms with Gasteiger partial charge >= 0.3 is 0 Å². The molecule has 0 bridgehead atoms. The van der Waals surface area contributed by atoms with Crippen LogP contribution in [0.2, 0.25) is 0 Å². The van der Waals surface area contributed by atoms with Gasteiger partial charge in [-0.2, -0.15) is 5.10 Å². The van der Waals surface area contributed by atoms with Crippen LogP contribution in [0.1, 0.15) is 36.2 Å². The first kappa shape index (κ1) is 11.1. The van der Waals surface area contributed by atoms with Gasteiger partial charge in [0.1, 0.15) is 5.69 Å². The molecule has 2 atom stereocenters. The number of rotatable bonds is 2. The number of hydrogen-bond acceptors (Lipinski definition) is 3. The first-order valence-corrected chi connectivity index (χ1v) is 5.73. The highest BCUT2D eigenvalue weighted by Gasteiger charge is 2.24. The van der Waals surface area contributed by atoms with Crippen molar-refractivity contribution in [2.45, 2.75) is 37.8 Å². The fraction of sp³-hybridized carbons (Fsp3) is 0.636. The first-order chi connectivity index (χ1) is 7.66. The highest BCUT2D eigenvalue weighted by Crippen LogP contribution is 2.17. The number of nitrogens with one attached hydrogen (secondary N) is 1. The van der Waals surface area contributed by atoms with Gasteiger partial charge in [-0.1, -0.05) is 12.8 Å². The predicted octanol–water partition coefficient (Wildman–Crippen LogP) is 0.420. The zero-order valence-corrected chi connectivity index (χ0v) is 9.52. The number of carbonyl (C=O) groups is 1. The number of aromatic nitrogens is 2. The summed E-state index contributed by atoms with van der Waals surface area (Å²) in [7, 11) is 1.79. The Bertz CT molecular complexity index is 374. The summed E-state index contributed by atoms with van der Waals surface area (Å²) in [4.78, 5) is 11.8. The van der Waals surface area contributed by atoms with Crippen molar-refractivity contribution in [3.05, 3.63) is 18.0 Å². The molecular weight excluding hydrogens is 204 g/mol. The summed E-state index contributed by atoms with van der Waals surface area (Å²) in [5.41, 5.74) is 6.43. The van der Waals surface area contributed by atoms with E-state index in [0.29, 0.717) is 5.69 Å². The largest absolute Gasteiger partial charge is 0.346 e. The summed E-state index contributed by atoms with van der Waals surface area (Å²) in [5.74, 6) is -0.122. The van der Waals surface area contributed by atoms with Crippen molar-refractivity contribution in [2.24, 2.45) is 12.8 Å². The van der Waals surface area contributed by atoms with E-state index < -0.39 is 0 Å². The van der Waals surface area contributed by atoms with Crippen LogP contribution in [0.4, 0.5) is 0 Å². The number of nitrogens with zero attached hydrogens (tertiary/aromatic N) is 2. The summed E-state index contributed by atoms with van der Waals surface area (Å²) in [6, 6.07) is 1.90. The molecule has 5 heteroatoms. The third-order valence-corrected chi connectivity index (χ3v) is 3.08. The van der Waals surface area contributed by atoms with Crippen LogP contribution >= 0.6 is 0 Å². The Balaban J connectivity index is 1.96. The monoisotopic (exact) mass is 222 g/mol. The Morgan fingerprint density at radius 2 is 2.31 bits per heavy atom. The summed E-state index contributed by atoms with van der Waals surface area (Å²) in [6.45, 7) is 0. The summed E-state index contributed by atoms with van der Waals surface area (Å²) >= 11 is 0. The number of nitrogens with two attached hydrogens (primary N) is 1. The van der Waals surface area contributed by atoms with Crippen molar-refractivity contribution in [1.82, 2.24) is 15.1 Å². The molecule has 1 aromatic rings. The molecule has 1 aliphatic carbocycles. The molecule has 0 aromatic carbocycles. The zero-order valence-electron chi connectivity index (χ0n) is 9.52. The average molecular weight is 222 g/mol. The molecule has 1 aromatic heterocycles. The number of aryl methyl sites for hydroxylation is 1. The van der Waals surface area contributed by atoms with Crippen molar-refractivity contribution in [1.29, 1.82) is 0 Å². The van der Waals surface area contributed by atoms with Crippen LogP contribution in [-0.2, 0) is 7.05 Å². The Kier molecular flexibility index (Phi) is 3.24. The molecular formula is C11H18N4O. The Morgan fingerprint density at radius 1 is 1.56 bits per heavy atom. The smallest absolute Gasteiger partial charge is 0.272 e. The molecule has 3 N–H and O–H groups in total.